The molecule has 0 atom stereocenters. The molecule has 0 N–H and O–H groups in total. The molecule has 0 saturated carbocycles. The largest absolute Gasteiger partial charge is 0.397 e. The highest BCUT2D eigenvalue weighted by atomic mass is 35.5. The average Bonchev–Trinajstić information content (AvgIpc) is 3.14. The van der Waals surface area contributed by atoms with E-state index in [4.69, 9.17) is 39.6 Å². The third kappa shape index (κ3) is 4.56. The van der Waals surface area contributed by atoms with Crippen LogP contribution < -0.4 is 0 Å². The van der Waals surface area contributed by atoms with Crippen molar-refractivity contribution in [3.8, 4) is 17.1 Å². The average molecular weight is 452 g/mol. The van der Waals surface area contributed by atoms with Gasteiger partial charge in [0.15, 0.2) is 5.82 Å². The number of halogens is 3. The van der Waals surface area contributed by atoms with Gasteiger partial charge in [0.25, 0.3) is 5.82 Å². The van der Waals surface area contributed by atoms with Crippen molar-refractivity contribution in [2.45, 2.75) is 19.3 Å². The highest BCUT2D eigenvalue weighted by Crippen LogP contribution is 2.31. The van der Waals surface area contributed by atoms with Crippen molar-refractivity contribution in [2.75, 3.05) is 13.1 Å². The normalized spacial score (nSPS) is 14.7. The first kappa shape index (κ1) is 20.2. The predicted molar refractivity (Wildman–Crippen MR) is 113 cm³/mol. The minimum absolute atomic E-state index is 0.0495. The Kier molecular flexibility index (Phi) is 6.06. The molecule has 0 amide bonds. The predicted octanol–water partition coefficient (Wildman–Crippen LogP) is 5.45. The number of aromatic nitrogens is 3. The van der Waals surface area contributed by atoms with Crippen LogP contribution in [-0.4, -0.2) is 38.9 Å². The first-order valence-corrected chi connectivity index (χ1v) is 10.3. The lowest BCUT2D eigenvalue weighted by Gasteiger charge is -2.24. The van der Waals surface area contributed by atoms with Gasteiger partial charge in [0.05, 0.1) is 10.7 Å². The summed E-state index contributed by atoms with van der Waals surface area (Å²) in [4.78, 5) is 22.5. The van der Waals surface area contributed by atoms with Crippen molar-refractivity contribution in [2.24, 2.45) is 0 Å². The summed E-state index contributed by atoms with van der Waals surface area (Å²) in [6, 6.07) is 12.1. The van der Waals surface area contributed by atoms with Crippen molar-refractivity contribution in [3.05, 3.63) is 63.4 Å². The van der Waals surface area contributed by atoms with E-state index in [0.29, 0.717) is 45.2 Å². The summed E-state index contributed by atoms with van der Waals surface area (Å²) < 4.78 is 1.54. The van der Waals surface area contributed by atoms with E-state index in [1.165, 1.54) is 4.68 Å². The third-order valence-corrected chi connectivity index (χ3v) is 5.36. The first-order valence-electron chi connectivity index (χ1n) is 9.17. The van der Waals surface area contributed by atoms with E-state index in [-0.39, 0.29) is 5.82 Å². The van der Waals surface area contributed by atoms with E-state index in [9.17, 15) is 4.79 Å². The zero-order valence-electron chi connectivity index (χ0n) is 15.3. The lowest BCUT2D eigenvalue weighted by Crippen LogP contribution is -2.32. The van der Waals surface area contributed by atoms with Crippen LogP contribution in [0.4, 0.5) is 0 Å². The maximum atomic E-state index is 12.7. The van der Waals surface area contributed by atoms with Crippen molar-refractivity contribution in [3.63, 3.8) is 0 Å². The highest BCUT2D eigenvalue weighted by molar-refractivity contribution is 6.36. The second-order valence-electron chi connectivity index (χ2n) is 6.64. The van der Waals surface area contributed by atoms with Crippen LogP contribution in [0.1, 0.15) is 29.9 Å². The van der Waals surface area contributed by atoms with Gasteiger partial charge in [-0.15, -0.1) is 10.2 Å². The van der Waals surface area contributed by atoms with Gasteiger partial charge < -0.3 is 4.84 Å². The Hall–Kier alpha value is -2.12. The molecule has 0 aliphatic carbocycles. The maximum absolute atomic E-state index is 12.7. The van der Waals surface area contributed by atoms with Crippen LogP contribution in [0.5, 0.6) is 0 Å². The highest BCUT2D eigenvalue weighted by Gasteiger charge is 2.24. The number of hydroxylamine groups is 2. The number of piperidine rings is 1. The lowest BCUT2D eigenvalue weighted by molar-refractivity contribution is -0.120. The molecule has 0 spiro atoms. The summed E-state index contributed by atoms with van der Waals surface area (Å²) in [6.07, 6.45) is 3.12. The van der Waals surface area contributed by atoms with Gasteiger partial charge in [0.2, 0.25) is 0 Å². The number of nitrogens with zero attached hydrogens (tertiary/aromatic N) is 4. The van der Waals surface area contributed by atoms with Gasteiger partial charge in [0, 0.05) is 28.7 Å². The standard InChI is InChI=1S/C20H17Cl3N4O2/c21-13-4-7-15(8-5-13)27-19(16-9-6-14(22)12-17(16)23)24-18(25-27)20(28)29-26-10-2-1-3-11-26/h4-9,12H,1-3,10-11H2. The molecule has 0 unspecified atom stereocenters. The Bertz CT molecular complexity index is 1030. The molecule has 2 aromatic carbocycles. The van der Waals surface area contributed by atoms with E-state index >= 15 is 0 Å². The number of hydrogen-bond acceptors (Lipinski definition) is 5. The Morgan fingerprint density at radius 3 is 2.31 bits per heavy atom. The van der Waals surface area contributed by atoms with Crippen molar-refractivity contribution in [1.29, 1.82) is 0 Å². The Morgan fingerprint density at radius 2 is 1.62 bits per heavy atom. The minimum atomic E-state index is -0.606. The number of rotatable bonds is 4. The van der Waals surface area contributed by atoms with Crippen LogP contribution in [0.25, 0.3) is 17.1 Å². The van der Waals surface area contributed by atoms with Gasteiger partial charge in [-0.1, -0.05) is 41.2 Å². The Morgan fingerprint density at radius 1 is 0.931 bits per heavy atom. The number of hydrogen-bond donors (Lipinski definition) is 0. The van der Waals surface area contributed by atoms with Crippen molar-refractivity contribution >= 4 is 40.8 Å². The molecule has 1 fully saturated rings. The molecule has 3 aromatic rings. The molecule has 9 heteroatoms. The molecule has 0 radical (unpaired) electrons. The van der Waals surface area contributed by atoms with Crippen LogP contribution >= 0.6 is 34.8 Å². The molecule has 1 aromatic heterocycles. The zero-order chi connectivity index (χ0) is 20.4. The van der Waals surface area contributed by atoms with E-state index in [2.05, 4.69) is 10.1 Å². The van der Waals surface area contributed by atoms with E-state index in [1.807, 2.05) is 0 Å². The van der Waals surface area contributed by atoms with Gasteiger partial charge in [-0.3, -0.25) is 0 Å². The topological polar surface area (TPSA) is 60.2 Å². The monoisotopic (exact) mass is 450 g/mol. The molecule has 1 aliphatic rings. The fourth-order valence-corrected chi connectivity index (χ4v) is 3.74. The molecule has 1 aliphatic heterocycles. The van der Waals surface area contributed by atoms with Gasteiger partial charge in [-0.25, -0.2) is 14.5 Å². The minimum Gasteiger partial charge on any atom is -0.362 e. The first-order chi connectivity index (χ1) is 14.0. The SMILES string of the molecule is O=C(ON1CCCCC1)c1nc(-c2ccc(Cl)cc2Cl)n(-c2ccc(Cl)cc2)n1. The second-order valence-corrected chi connectivity index (χ2v) is 7.92. The van der Waals surface area contributed by atoms with E-state index < -0.39 is 5.97 Å². The molecule has 6 nitrogen and oxygen atoms in total. The van der Waals surface area contributed by atoms with Gasteiger partial charge >= 0.3 is 5.97 Å². The smallest absolute Gasteiger partial charge is 0.362 e. The summed E-state index contributed by atoms with van der Waals surface area (Å²) in [5, 5.41) is 7.53. The summed E-state index contributed by atoms with van der Waals surface area (Å²) >= 11 is 18.4. The molecular formula is C20H17Cl3N4O2. The Balaban J connectivity index is 1.73. The molecule has 4 rings (SSSR count). The summed E-state index contributed by atoms with van der Waals surface area (Å²) in [6.45, 7) is 1.42. The fourth-order valence-electron chi connectivity index (χ4n) is 3.12. The fraction of sp³-hybridized carbons (Fsp3) is 0.250. The molecular weight excluding hydrogens is 435 g/mol. The van der Waals surface area contributed by atoms with Crippen LogP contribution in [0.3, 0.4) is 0 Å². The van der Waals surface area contributed by atoms with Crippen LogP contribution in [0, 0.1) is 0 Å². The van der Waals surface area contributed by atoms with Crippen molar-refractivity contribution < 1.29 is 9.63 Å². The number of carbonyl (C=O) groups is 1. The quantitative estimate of drug-likeness (QED) is 0.528. The lowest BCUT2D eigenvalue weighted by atomic mass is 10.2. The van der Waals surface area contributed by atoms with E-state index in [0.717, 1.165) is 19.3 Å². The van der Waals surface area contributed by atoms with Gasteiger partial charge in [-0.2, -0.15) is 0 Å². The van der Waals surface area contributed by atoms with Crippen LogP contribution in [0.2, 0.25) is 15.1 Å². The molecule has 29 heavy (non-hydrogen) atoms. The molecule has 2 heterocycles. The van der Waals surface area contributed by atoms with Crippen LogP contribution in [-0.2, 0) is 4.84 Å². The molecule has 0 bridgehead atoms. The van der Waals surface area contributed by atoms with E-state index in [1.54, 1.807) is 47.5 Å². The van der Waals surface area contributed by atoms with Gasteiger partial charge in [0.1, 0.15) is 0 Å². The van der Waals surface area contributed by atoms with Crippen molar-refractivity contribution in [1.82, 2.24) is 19.8 Å². The number of benzene rings is 2. The summed E-state index contributed by atoms with van der Waals surface area (Å²) in [7, 11) is 0. The maximum Gasteiger partial charge on any atom is 0.397 e. The summed E-state index contributed by atoms with van der Waals surface area (Å²) in [5.74, 6) is -0.253. The molecule has 1 saturated heterocycles. The summed E-state index contributed by atoms with van der Waals surface area (Å²) in [5.41, 5.74) is 1.27. The zero-order valence-corrected chi connectivity index (χ0v) is 17.6. The second kappa shape index (κ2) is 8.71. The van der Waals surface area contributed by atoms with Gasteiger partial charge in [-0.05, 0) is 55.3 Å². The third-order valence-electron chi connectivity index (χ3n) is 4.56. The Labute approximate surface area is 182 Å². The number of carbonyl (C=O) groups excluding carboxylic acids is 1. The molecule has 150 valence electrons. The van der Waals surface area contributed by atoms with Crippen LogP contribution in [0.15, 0.2) is 42.5 Å².